The first-order valence-corrected chi connectivity index (χ1v) is 6.36. The van der Waals surface area contributed by atoms with Gasteiger partial charge < -0.3 is 10.1 Å². The maximum atomic E-state index is 10.8. The van der Waals surface area contributed by atoms with Crippen LogP contribution >= 0.6 is 11.6 Å². The highest BCUT2D eigenvalue weighted by Crippen LogP contribution is 2.20. The fraction of sp³-hybridized carbons (Fsp3) is 0.273. The van der Waals surface area contributed by atoms with Crippen LogP contribution in [0, 0.1) is 17.0 Å². The van der Waals surface area contributed by atoms with Gasteiger partial charge in [0, 0.05) is 7.05 Å². The molecule has 0 aliphatic carbocycles. The van der Waals surface area contributed by atoms with Crippen molar-refractivity contribution < 1.29 is 4.92 Å². The summed E-state index contributed by atoms with van der Waals surface area (Å²) in [5.74, 6) is 0.233. The zero-order valence-corrected chi connectivity index (χ0v) is 11.9. The van der Waals surface area contributed by atoms with Gasteiger partial charge in [0.15, 0.2) is 11.5 Å². The fourth-order valence-corrected chi connectivity index (χ4v) is 2.25. The Kier molecular flexibility index (Phi) is 3.05. The molecule has 0 fully saturated rings. The molecule has 0 bridgehead atoms. The van der Waals surface area contributed by atoms with Crippen molar-refractivity contribution in [3.8, 4) is 0 Å². The Hall–Kier alpha value is -2.55. The second kappa shape index (κ2) is 4.77. The standard InChI is InChI=1S/C11H10ClN7O2/c1-6-4-18(16-10(6)19(20)21)5-8-14-9(12)7-3-13-17(2)11(7)15-8/h3-4H,5H2,1-2H3. The highest BCUT2D eigenvalue weighted by molar-refractivity contribution is 6.33. The quantitative estimate of drug-likeness (QED) is 0.412. The summed E-state index contributed by atoms with van der Waals surface area (Å²) < 4.78 is 3.00. The molecule has 0 saturated heterocycles. The molecule has 0 unspecified atom stereocenters. The van der Waals surface area contributed by atoms with Crippen LogP contribution in [0.5, 0.6) is 0 Å². The summed E-state index contributed by atoms with van der Waals surface area (Å²) in [7, 11) is 1.75. The molecule has 0 radical (unpaired) electrons. The summed E-state index contributed by atoms with van der Waals surface area (Å²) in [5, 5.41) is 19.7. The molecule has 0 saturated carbocycles. The van der Waals surface area contributed by atoms with Gasteiger partial charge in [-0.1, -0.05) is 11.6 Å². The smallest absolute Gasteiger partial charge is 0.358 e. The maximum absolute atomic E-state index is 10.8. The molecule has 3 heterocycles. The van der Waals surface area contributed by atoms with Gasteiger partial charge >= 0.3 is 5.82 Å². The average Bonchev–Trinajstić information content (AvgIpc) is 2.94. The molecule has 21 heavy (non-hydrogen) atoms. The molecule has 108 valence electrons. The van der Waals surface area contributed by atoms with Crippen molar-refractivity contribution in [2.75, 3.05) is 0 Å². The van der Waals surface area contributed by atoms with Crippen LogP contribution in [-0.2, 0) is 13.6 Å². The van der Waals surface area contributed by atoms with Crippen molar-refractivity contribution >= 4 is 28.5 Å². The van der Waals surface area contributed by atoms with Gasteiger partial charge in [-0.3, -0.25) is 4.68 Å². The predicted octanol–water partition coefficient (Wildman–Crippen LogP) is 1.48. The Bertz CT molecular complexity index is 854. The first kappa shape index (κ1) is 13.4. The number of halogens is 1. The maximum Gasteiger partial charge on any atom is 0.392 e. The largest absolute Gasteiger partial charge is 0.392 e. The van der Waals surface area contributed by atoms with Crippen LogP contribution in [0.2, 0.25) is 5.15 Å². The highest BCUT2D eigenvalue weighted by Gasteiger charge is 2.18. The molecule has 0 amide bonds. The molecule has 3 rings (SSSR count). The summed E-state index contributed by atoms with van der Waals surface area (Å²) >= 11 is 6.09. The lowest BCUT2D eigenvalue weighted by Crippen LogP contribution is -2.07. The van der Waals surface area contributed by atoms with E-state index in [0.717, 1.165) is 0 Å². The third-order valence-electron chi connectivity index (χ3n) is 2.99. The zero-order chi connectivity index (χ0) is 15.1. The highest BCUT2D eigenvalue weighted by atomic mass is 35.5. The Morgan fingerprint density at radius 3 is 2.86 bits per heavy atom. The minimum Gasteiger partial charge on any atom is -0.358 e. The van der Waals surface area contributed by atoms with Gasteiger partial charge in [-0.25, -0.2) is 9.97 Å². The lowest BCUT2D eigenvalue weighted by atomic mass is 10.4. The molecule has 0 aliphatic heterocycles. The Morgan fingerprint density at radius 2 is 2.19 bits per heavy atom. The van der Waals surface area contributed by atoms with E-state index in [2.05, 4.69) is 20.2 Å². The molecule has 3 aromatic rings. The van der Waals surface area contributed by atoms with E-state index in [1.165, 1.54) is 4.68 Å². The van der Waals surface area contributed by atoms with E-state index < -0.39 is 4.92 Å². The van der Waals surface area contributed by atoms with E-state index in [1.807, 2.05) is 0 Å². The van der Waals surface area contributed by atoms with E-state index in [1.54, 1.807) is 31.0 Å². The van der Waals surface area contributed by atoms with Gasteiger partial charge in [0.05, 0.1) is 28.4 Å². The lowest BCUT2D eigenvalue weighted by Gasteiger charge is -2.00. The van der Waals surface area contributed by atoms with Gasteiger partial charge in [-0.15, -0.1) is 0 Å². The van der Waals surface area contributed by atoms with Crippen LogP contribution in [0.25, 0.3) is 11.0 Å². The van der Waals surface area contributed by atoms with E-state index >= 15 is 0 Å². The van der Waals surface area contributed by atoms with Crippen molar-refractivity contribution in [2.24, 2.45) is 7.05 Å². The topological polar surface area (TPSA) is 105 Å². The van der Waals surface area contributed by atoms with E-state index in [0.29, 0.717) is 27.6 Å². The Balaban J connectivity index is 2.00. The monoisotopic (exact) mass is 307 g/mol. The second-order valence-corrected chi connectivity index (χ2v) is 4.88. The van der Waals surface area contributed by atoms with Crippen LogP contribution in [0.15, 0.2) is 12.4 Å². The number of nitro groups is 1. The average molecular weight is 308 g/mol. The summed E-state index contributed by atoms with van der Waals surface area (Å²) in [5.41, 5.74) is 1.08. The van der Waals surface area contributed by atoms with Gasteiger partial charge in [0.1, 0.15) is 11.7 Å². The van der Waals surface area contributed by atoms with E-state index in [-0.39, 0.29) is 12.4 Å². The van der Waals surface area contributed by atoms with E-state index in [9.17, 15) is 10.1 Å². The van der Waals surface area contributed by atoms with Gasteiger partial charge in [0.2, 0.25) is 0 Å². The molecule has 0 aromatic carbocycles. The molecule has 0 N–H and O–H groups in total. The molecular formula is C11H10ClN7O2. The molecule has 0 aliphatic rings. The number of hydrogen-bond donors (Lipinski definition) is 0. The Morgan fingerprint density at radius 1 is 1.43 bits per heavy atom. The lowest BCUT2D eigenvalue weighted by molar-refractivity contribution is -0.390. The Labute approximate surface area is 123 Å². The van der Waals surface area contributed by atoms with Gasteiger partial charge in [0.25, 0.3) is 0 Å². The minimum atomic E-state index is -0.524. The third-order valence-corrected chi connectivity index (χ3v) is 3.27. The van der Waals surface area contributed by atoms with Gasteiger partial charge in [-0.05, 0) is 11.8 Å². The van der Waals surface area contributed by atoms with Crippen LogP contribution in [0.4, 0.5) is 5.82 Å². The summed E-state index contributed by atoms with van der Waals surface area (Å²) in [6.45, 7) is 1.81. The SMILES string of the molecule is Cc1cn(Cc2nc(Cl)c3cnn(C)c3n2)nc1[N+](=O)[O-]. The number of rotatable bonds is 3. The zero-order valence-electron chi connectivity index (χ0n) is 11.2. The van der Waals surface area contributed by atoms with Crippen LogP contribution in [0.3, 0.4) is 0 Å². The number of aromatic nitrogens is 6. The van der Waals surface area contributed by atoms with E-state index in [4.69, 9.17) is 11.6 Å². The van der Waals surface area contributed by atoms with Crippen molar-refractivity contribution in [3.05, 3.63) is 39.0 Å². The second-order valence-electron chi connectivity index (χ2n) is 4.53. The third kappa shape index (κ3) is 2.31. The number of fused-ring (bicyclic) bond motifs is 1. The predicted molar refractivity (Wildman–Crippen MR) is 74.0 cm³/mol. The van der Waals surface area contributed by atoms with Crippen LogP contribution < -0.4 is 0 Å². The summed E-state index contributed by atoms with van der Waals surface area (Å²) in [6.07, 6.45) is 3.16. The van der Waals surface area contributed by atoms with Crippen molar-refractivity contribution in [3.63, 3.8) is 0 Å². The molecule has 9 nitrogen and oxygen atoms in total. The first-order valence-electron chi connectivity index (χ1n) is 5.98. The minimum absolute atomic E-state index is 0.178. The molecule has 0 atom stereocenters. The molecule has 3 aromatic heterocycles. The van der Waals surface area contributed by atoms with Crippen molar-refractivity contribution in [1.29, 1.82) is 0 Å². The number of hydrogen-bond acceptors (Lipinski definition) is 6. The summed E-state index contributed by atoms with van der Waals surface area (Å²) in [6, 6.07) is 0. The van der Waals surface area contributed by atoms with Gasteiger partial charge in [-0.2, -0.15) is 9.78 Å². The van der Waals surface area contributed by atoms with Crippen molar-refractivity contribution in [1.82, 2.24) is 29.5 Å². The summed E-state index contributed by atoms with van der Waals surface area (Å²) in [4.78, 5) is 18.8. The van der Waals surface area contributed by atoms with Crippen LogP contribution in [0.1, 0.15) is 11.4 Å². The molecular weight excluding hydrogens is 298 g/mol. The normalized spacial score (nSPS) is 11.2. The van der Waals surface area contributed by atoms with Crippen LogP contribution in [-0.4, -0.2) is 34.5 Å². The fourth-order valence-electron chi connectivity index (χ4n) is 2.02. The molecule has 0 spiro atoms. The first-order chi connectivity index (χ1) is 9.95. The number of nitrogens with zero attached hydrogens (tertiary/aromatic N) is 7. The number of aryl methyl sites for hydroxylation is 2. The van der Waals surface area contributed by atoms with Crippen molar-refractivity contribution in [2.45, 2.75) is 13.5 Å². The molecule has 10 heteroatoms.